The minimum absolute atomic E-state index is 0.541. The van der Waals surface area contributed by atoms with Crippen LogP contribution < -0.4 is 5.32 Å². The van der Waals surface area contributed by atoms with Crippen molar-refractivity contribution in [3.05, 3.63) is 42.2 Å². The molecule has 4 nitrogen and oxygen atoms in total. The first kappa shape index (κ1) is 14.7. The molecular weight excluding hydrogens is 248 g/mol. The Morgan fingerprint density at radius 2 is 1.95 bits per heavy atom. The zero-order valence-corrected chi connectivity index (χ0v) is 12.6. The molecule has 0 bridgehead atoms. The number of nitrogens with zero attached hydrogens (tertiary/aromatic N) is 3. The summed E-state index contributed by atoms with van der Waals surface area (Å²) in [5.74, 6) is 0.635. The van der Waals surface area contributed by atoms with E-state index in [0.29, 0.717) is 12.0 Å². The van der Waals surface area contributed by atoms with Crippen molar-refractivity contribution < 1.29 is 0 Å². The molecule has 1 N–H and O–H groups in total. The van der Waals surface area contributed by atoms with Gasteiger partial charge in [0.2, 0.25) is 0 Å². The maximum absolute atomic E-state index is 4.20. The molecule has 1 aromatic heterocycles. The van der Waals surface area contributed by atoms with E-state index in [4.69, 9.17) is 0 Å². The molecule has 1 unspecified atom stereocenters. The number of hydrogen-bond acceptors (Lipinski definition) is 3. The summed E-state index contributed by atoms with van der Waals surface area (Å²) in [5, 5.41) is 11.8. The summed E-state index contributed by atoms with van der Waals surface area (Å²) in [7, 11) is 0. The Labute approximate surface area is 121 Å². The van der Waals surface area contributed by atoms with Crippen molar-refractivity contribution in [1.82, 2.24) is 20.3 Å². The average molecular weight is 272 g/mol. The number of hydrogen-bond donors (Lipinski definition) is 1. The van der Waals surface area contributed by atoms with E-state index in [1.54, 1.807) is 0 Å². The van der Waals surface area contributed by atoms with Crippen molar-refractivity contribution >= 4 is 0 Å². The van der Waals surface area contributed by atoms with Crippen LogP contribution in [0.15, 0.2) is 36.5 Å². The van der Waals surface area contributed by atoms with Gasteiger partial charge in [0.1, 0.15) is 0 Å². The maximum Gasteiger partial charge on any atom is 0.0729 e. The molecule has 1 heterocycles. The summed E-state index contributed by atoms with van der Waals surface area (Å²) in [5.41, 5.74) is 2.24. The lowest BCUT2D eigenvalue weighted by molar-refractivity contribution is 0.383. The molecule has 0 saturated heterocycles. The zero-order valence-electron chi connectivity index (χ0n) is 12.6. The number of aromatic nitrogens is 3. The van der Waals surface area contributed by atoms with Gasteiger partial charge in [-0.25, -0.2) is 4.68 Å². The molecule has 0 aliphatic rings. The summed E-state index contributed by atoms with van der Waals surface area (Å²) < 4.78 is 1.93. The minimum atomic E-state index is 0.541. The van der Waals surface area contributed by atoms with Crippen LogP contribution in [0.25, 0.3) is 5.69 Å². The average Bonchev–Trinajstić information content (AvgIpc) is 2.92. The van der Waals surface area contributed by atoms with Gasteiger partial charge in [0, 0.05) is 6.04 Å². The van der Waals surface area contributed by atoms with Crippen LogP contribution in [0.3, 0.4) is 0 Å². The Kier molecular flexibility index (Phi) is 5.30. The fourth-order valence-electron chi connectivity index (χ4n) is 2.45. The predicted octanol–water partition coefficient (Wildman–Crippen LogP) is 2.83. The molecule has 0 aliphatic heterocycles. The van der Waals surface area contributed by atoms with Crippen LogP contribution >= 0.6 is 0 Å². The molecule has 0 spiro atoms. The van der Waals surface area contributed by atoms with Gasteiger partial charge < -0.3 is 5.32 Å². The quantitative estimate of drug-likeness (QED) is 0.843. The molecule has 2 rings (SSSR count). The molecule has 0 saturated carbocycles. The van der Waals surface area contributed by atoms with E-state index in [2.05, 4.69) is 48.5 Å². The topological polar surface area (TPSA) is 42.7 Å². The fraction of sp³-hybridized carbons (Fsp3) is 0.500. The van der Waals surface area contributed by atoms with Gasteiger partial charge >= 0.3 is 0 Å². The minimum Gasteiger partial charge on any atom is -0.314 e. The van der Waals surface area contributed by atoms with E-state index in [0.717, 1.165) is 25.1 Å². The third-order valence-electron chi connectivity index (χ3n) is 3.60. The Morgan fingerprint density at radius 1 is 1.20 bits per heavy atom. The van der Waals surface area contributed by atoms with Crippen molar-refractivity contribution in [3.63, 3.8) is 0 Å². The molecule has 0 aliphatic carbocycles. The second-order valence-electron chi connectivity index (χ2n) is 5.42. The summed E-state index contributed by atoms with van der Waals surface area (Å²) in [6, 6.07) is 10.7. The Balaban J connectivity index is 2.06. The summed E-state index contributed by atoms with van der Waals surface area (Å²) in [6.45, 7) is 7.70. The van der Waals surface area contributed by atoms with Crippen LogP contribution in [0.2, 0.25) is 0 Å². The van der Waals surface area contributed by atoms with Crippen molar-refractivity contribution in [1.29, 1.82) is 0 Å². The summed E-state index contributed by atoms with van der Waals surface area (Å²) in [4.78, 5) is 0. The highest BCUT2D eigenvalue weighted by molar-refractivity contribution is 5.31. The van der Waals surface area contributed by atoms with Crippen LogP contribution in [0.1, 0.15) is 32.9 Å². The third kappa shape index (κ3) is 3.67. The van der Waals surface area contributed by atoms with E-state index < -0.39 is 0 Å². The van der Waals surface area contributed by atoms with E-state index in [1.807, 2.05) is 29.1 Å². The molecule has 0 radical (unpaired) electrons. The third-order valence-corrected chi connectivity index (χ3v) is 3.60. The number of aryl methyl sites for hydroxylation is 1. The number of nitrogens with one attached hydrogen (secondary N) is 1. The second-order valence-corrected chi connectivity index (χ2v) is 5.42. The van der Waals surface area contributed by atoms with Gasteiger partial charge in [-0.3, -0.25) is 0 Å². The van der Waals surface area contributed by atoms with Gasteiger partial charge in [0.15, 0.2) is 0 Å². The van der Waals surface area contributed by atoms with Crippen LogP contribution in [0, 0.1) is 5.92 Å². The predicted molar refractivity (Wildman–Crippen MR) is 82.0 cm³/mol. The lowest BCUT2D eigenvalue weighted by atomic mass is 9.98. The van der Waals surface area contributed by atoms with E-state index in [1.165, 1.54) is 5.69 Å². The van der Waals surface area contributed by atoms with Crippen LogP contribution in [-0.2, 0) is 6.42 Å². The summed E-state index contributed by atoms with van der Waals surface area (Å²) >= 11 is 0. The van der Waals surface area contributed by atoms with Gasteiger partial charge in [0.05, 0.1) is 17.6 Å². The molecular formula is C16H24N4. The highest BCUT2D eigenvalue weighted by Gasteiger charge is 2.14. The van der Waals surface area contributed by atoms with Crippen LogP contribution in [-0.4, -0.2) is 27.6 Å². The van der Waals surface area contributed by atoms with Crippen molar-refractivity contribution in [2.75, 3.05) is 6.54 Å². The van der Waals surface area contributed by atoms with Gasteiger partial charge in [-0.2, -0.15) is 0 Å². The standard InChI is InChI=1S/C16H24N4/c1-4-17-16(13(2)3)11-10-15-12-18-19-20(15)14-8-6-5-7-9-14/h5-9,12-13,16-17H,4,10-11H2,1-3H3. The van der Waals surface area contributed by atoms with E-state index >= 15 is 0 Å². The molecule has 1 atom stereocenters. The zero-order chi connectivity index (χ0) is 14.4. The van der Waals surface area contributed by atoms with Crippen LogP contribution in [0.5, 0.6) is 0 Å². The van der Waals surface area contributed by atoms with Crippen molar-refractivity contribution in [2.45, 2.75) is 39.7 Å². The molecule has 2 aromatic rings. The van der Waals surface area contributed by atoms with Gasteiger partial charge in [-0.15, -0.1) is 5.10 Å². The van der Waals surface area contributed by atoms with E-state index in [-0.39, 0.29) is 0 Å². The monoisotopic (exact) mass is 272 g/mol. The molecule has 108 valence electrons. The second kappa shape index (κ2) is 7.20. The maximum atomic E-state index is 4.20. The Bertz CT molecular complexity index is 504. The van der Waals surface area contributed by atoms with Crippen LogP contribution in [0.4, 0.5) is 0 Å². The molecule has 0 amide bonds. The lowest BCUT2D eigenvalue weighted by Gasteiger charge is -2.21. The summed E-state index contributed by atoms with van der Waals surface area (Å²) in [6.07, 6.45) is 3.96. The van der Waals surface area contributed by atoms with Gasteiger partial charge in [-0.1, -0.05) is 44.2 Å². The van der Waals surface area contributed by atoms with Crippen molar-refractivity contribution in [2.24, 2.45) is 5.92 Å². The fourth-order valence-corrected chi connectivity index (χ4v) is 2.45. The smallest absolute Gasteiger partial charge is 0.0729 e. The molecule has 4 heteroatoms. The SMILES string of the molecule is CCNC(CCc1cnnn1-c1ccccc1)C(C)C. The lowest BCUT2D eigenvalue weighted by Crippen LogP contribution is -2.34. The number of rotatable bonds is 7. The Hall–Kier alpha value is -1.68. The van der Waals surface area contributed by atoms with Gasteiger partial charge in [-0.05, 0) is 37.4 Å². The largest absolute Gasteiger partial charge is 0.314 e. The molecule has 0 fully saturated rings. The van der Waals surface area contributed by atoms with Crippen molar-refractivity contribution in [3.8, 4) is 5.69 Å². The number of para-hydroxylation sites is 1. The number of benzene rings is 1. The normalized spacial score (nSPS) is 12.8. The molecule has 1 aromatic carbocycles. The molecule has 20 heavy (non-hydrogen) atoms. The highest BCUT2D eigenvalue weighted by atomic mass is 15.4. The van der Waals surface area contributed by atoms with Gasteiger partial charge in [0.25, 0.3) is 0 Å². The van der Waals surface area contributed by atoms with E-state index in [9.17, 15) is 0 Å². The Morgan fingerprint density at radius 3 is 2.60 bits per heavy atom. The first-order valence-corrected chi connectivity index (χ1v) is 7.40. The first-order valence-electron chi connectivity index (χ1n) is 7.40. The first-order chi connectivity index (χ1) is 9.72. The highest BCUT2D eigenvalue weighted by Crippen LogP contribution is 2.14.